The summed E-state index contributed by atoms with van der Waals surface area (Å²) < 4.78 is 5.21. The Balaban J connectivity index is 1.64. The number of hydrogen-bond donors (Lipinski definition) is 0. The molecule has 3 rings (SSSR count). The minimum absolute atomic E-state index is 0.102. The zero-order valence-electron chi connectivity index (χ0n) is 15.7. The molecule has 5 heteroatoms. The van der Waals surface area contributed by atoms with Crippen LogP contribution in [0.15, 0.2) is 34.9 Å². The van der Waals surface area contributed by atoms with Crippen molar-refractivity contribution in [2.75, 3.05) is 26.2 Å². The fourth-order valence-electron chi connectivity index (χ4n) is 3.68. The predicted octanol–water partition coefficient (Wildman–Crippen LogP) is 3.12. The third-order valence-electron chi connectivity index (χ3n) is 5.04. The highest BCUT2D eigenvalue weighted by molar-refractivity contribution is 5.91. The van der Waals surface area contributed by atoms with Crippen molar-refractivity contribution in [2.45, 2.75) is 33.6 Å². The molecule has 2 heterocycles. The zero-order valence-corrected chi connectivity index (χ0v) is 15.7. The van der Waals surface area contributed by atoms with E-state index in [2.05, 4.69) is 32.9 Å². The smallest absolute Gasteiger partial charge is 0.289 e. The first-order valence-corrected chi connectivity index (χ1v) is 9.13. The van der Waals surface area contributed by atoms with Gasteiger partial charge in [0.05, 0.1) is 12.7 Å². The molecule has 0 saturated carbocycles. The molecular weight excluding hydrogens is 328 g/mol. The monoisotopic (exact) mass is 354 g/mol. The number of aryl methyl sites for hydroxylation is 3. The Morgan fingerprint density at radius 2 is 1.65 bits per heavy atom. The Kier molecular flexibility index (Phi) is 5.45. The first-order chi connectivity index (χ1) is 12.5. The van der Waals surface area contributed by atoms with Crippen molar-refractivity contribution in [3.8, 4) is 0 Å². The van der Waals surface area contributed by atoms with Gasteiger partial charge in [0.1, 0.15) is 0 Å². The van der Waals surface area contributed by atoms with Gasteiger partial charge in [0.25, 0.3) is 5.91 Å². The summed E-state index contributed by atoms with van der Waals surface area (Å²) in [5, 5.41) is 0. The first kappa shape index (κ1) is 18.2. The third-order valence-corrected chi connectivity index (χ3v) is 5.04. The van der Waals surface area contributed by atoms with Crippen molar-refractivity contribution < 1.29 is 14.0 Å². The van der Waals surface area contributed by atoms with E-state index >= 15 is 0 Å². The molecule has 26 heavy (non-hydrogen) atoms. The summed E-state index contributed by atoms with van der Waals surface area (Å²) in [7, 11) is 0. The van der Waals surface area contributed by atoms with E-state index in [1.165, 1.54) is 23.0 Å². The SMILES string of the molecule is Cc1cc(C)c(CC(=O)N2CCCN(C(=O)c3ccco3)CC2)c(C)c1. The van der Waals surface area contributed by atoms with Gasteiger partial charge >= 0.3 is 0 Å². The second-order valence-electron chi connectivity index (χ2n) is 7.06. The molecule has 0 spiro atoms. The minimum Gasteiger partial charge on any atom is -0.459 e. The Hall–Kier alpha value is -2.56. The molecule has 0 atom stereocenters. The molecule has 0 bridgehead atoms. The van der Waals surface area contributed by atoms with Crippen LogP contribution in [0.5, 0.6) is 0 Å². The van der Waals surface area contributed by atoms with Gasteiger partial charge in [-0.3, -0.25) is 9.59 Å². The van der Waals surface area contributed by atoms with Crippen LogP contribution >= 0.6 is 0 Å². The van der Waals surface area contributed by atoms with Gasteiger partial charge in [-0.25, -0.2) is 0 Å². The average Bonchev–Trinajstić information content (AvgIpc) is 3.01. The van der Waals surface area contributed by atoms with Gasteiger partial charge in [0, 0.05) is 26.2 Å². The van der Waals surface area contributed by atoms with Crippen LogP contribution in [0.25, 0.3) is 0 Å². The van der Waals surface area contributed by atoms with E-state index in [1.54, 1.807) is 17.0 Å². The van der Waals surface area contributed by atoms with Gasteiger partial charge in [-0.05, 0) is 56.0 Å². The van der Waals surface area contributed by atoms with Crippen molar-refractivity contribution in [3.63, 3.8) is 0 Å². The summed E-state index contributed by atoms with van der Waals surface area (Å²) in [4.78, 5) is 28.9. The highest BCUT2D eigenvalue weighted by Crippen LogP contribution is 2.18. The maximum Gasteiger partial charge on any atom is 0.289 e. The van der Waals surface area contributed by atoms with Crippen LogP contribution in [0.1, 0.15) is 39.2 Å². The Morgan fingerprint density at radius 3 is 2.31 bits per heavy atom. The maximum atomic E-state index is 12.8. The first-order valence-electron chi connectivity index (χ1n) is 9.13. The van der Waals surface area contributed by atoms with Gasteiger partial charge in [0.2, 0.25) is 5.91 Å². The van der Waals surface area contributed by atoms with Gasteiger partial charge in [-0.2, -0.15) is 0 Å². The summed E-state index contributed by atoms with van der Waals surface area (Å²) in [6, 6.07) is 7.65. The lowest BCUT2D eigenvalue weighted by atomic mass is 9.97. The Labute approximate surface area is 154 Å². The highest BCUT2D eigenvalue weighted by atomic mass is 16.3. The molecule has 0 radical (unpaired) electrons. The number of carbonyl (C=O) groups excluding carboxylic acids is 2. The van der Waals surface area contributed by atoms with E-state index in [0.717, 1.165) is 12.0 Å². The molecule has 1 fully saturated rings. The summed E-state index contributed by atoms with van der Waals surface area (Å²) >= 11 is 0. The normalized spacial score (nSPS) is 15.0. The average molecular weight is 354 g/mol. The van der Waals surface area contributed by atoms with Crippen molar-refractivity contribution in [1.29, 1.82) is 0 Å². The van der Waals surface area contributed by atoms with E-state index < -0.39 is 0 Å². The lowest BCUT2D eigenvalue weighted by Crippen LogP contribution is -2.38. The summed E-state index contributed by atoms with van der Waals surface area (Å²) in [6.07, 6.45) is 2.71. The molecule has 0 N–H and O–H groups in total. The molecule has 0 unspecified atom stereocenters. The molecule has 1 aromatic carbocycles. The summed E-state index contributed by atoms with van der Waals surface area (Å²) in [5.41, 5.74) is 4.67. The van der Waals surface area contributed by atoms with Crippen LogP contribution in [-0.2, 0) is 11.2 Å². The maximum absolute atomic E-state index is 12.8. The summed E-state index contributed by atoms with van der Waals surface area (Å²) in [6.45, 7) is 8.64. The molecule has 2 amide bonds. The van der Waals surface area contributed by atoms with E-state index in [4.69, 9.17) is 4.42 Å². The molecule has 2 aromatic rings. The van der Waals surface area contributed by atoms with E-state index in [1.807, 2.05) is 4.90 Å². The van der Waals surface area contributed by atoms with Crippen LogP contribution < -0.4 is 0 Å². The molecule has 1 aliphatic heterocycles. The molecule has 5 nitrogen and oxygen atoms in total. The lowest BCUT2D eigenvalue weighted by Gasteiger charge is -2.22. The van der Waals surface area contributed by atoms with Crippen molar-refractivity contribution in [2.24, 2.45) is 0 Å². The Bertz CT molecular complexity index is 773. The fraction of sp³-hybridized carbons (Fsp3) is 0.429. The Morgan fingerprint density at radius 1 is 1.00 bits per heavy atom. The number of benzene rings is 1. The number of furan rings is 1. The van der Waals surface area contributed by atoms with E-state index in [-0.39, 0.29) is 11.8 Å². The van der Waals surface area contributed by atoms with E-state index in [0.29, 0.717) is 38.4 Å². The quantitative estimate of drug-likeness (QED) is 0.851. The van der Waals surface area contributed by atoms with Crippen LogP contribution in [0.4, 0.5) is 0 Å². The molecule has 1 aliphatic rings. The molecular formula is C21H26N2O3. The topological polar surface area (TPSA) is 53.8 Å². The molecule has 1 saturated heterocycles. The second-order valence-corrected chi connectivity index (χ2v) is 7.06. The summed E-state index contributed by atoms with van der Waals surface area (Å²) in [5.74, 6) is 0.387. The van der Waals surface area contributed by atoms with Crippen molar-refractivity contribution in [1.82, 2.24) is 9.80 Å². The highest BCUT2D eigenvalue weighted by Gasteiger charge is 2.24. The van der Waals surface area contributed by atoms with Crippen LogP contribution in [0.3, 0.4) is 0 Å². The van der Waals surface area contributed by atoms with Crippen molar-refractivity contribution >= 4 is 11.8 Å². The van der Waals surface area contributed by atoms with Crippen LogP contribution in [0.2, 0.25) is 0 Å². The standard InChI is InChI=1S/C21H26N2O3/c1-15-12-16(2)18(17(3)13-15)14-20(24)22-7-5-8-23(10-9-22)21(25)19-6-4-11-26-19/h4,6,11-13H,5,7-10,14H2,1-3H3. The molecule has 138 valence electrons. The number of rotatable bonds is 3. The van der Waals surface area contributed by atoms with Gasteiger partial charge in [-0.15, -0.1) is 0 Å². The van der Waals surface area contributed by atoms with Gasteiger partial charge in [-0.1, -0.05) is 17.7 Å². The van der Waals surface area contributed by atoms with Gasteiger partial charge < -0.3 is 14.2 Å². The van der Waals surface area contributed by atoms with Crippen LogP contribution in [0, 0.1) is 20.8 Å². The van der Waals surface area contributed by atoms with Crippen LogP contribution in [-0.4, -0.2) is 47.8 Å². The second kappa shape index (κ2) is 7.77. The zero-order chi connectivity index (χ0) is 18.7. The van der Waals surface area contributed by atoms with Crippen molar-refractivity contribution in [3.05, 3.63) is 58.5 Å². The molecule has 0 aliphatic carbocycles. The predicted molar refractivity (Wildman–Crippen MR) is 100 cm³/mol. The number of carbonyl (C=O) groups is 2. The molecule has 1 aromatic heterocycles. The largest absolute Gasteiger partial charge is 0.459 e. The fourth-order valence-corrected chi connectivity index (χ4v) is 3.68. The minimum atomic E-state index is -0.102. The number of amides is 2. The third kappa shape index (κ3) is 3.98. The lowest BCUT2D eigenvalue weighted by molar-refractivity contribution is -0.130. The number of hydrogen-bond acceptors (Lipinski definition) is 3. The number of nitrogens with zero attached hydrogens (tertiary/aromatic N) is 2. The van der Waals surface area contributed by atoms with E-state index in [9.17, 15) is 9.59 Å². The van der Waals surface area contributed by atoms with Gasteiger partial charge in [0.15, 0.2) is 5.76 Å².